The number of nitro groups is 1. The first-order valence-electron chi connectivity index (χ1n) is 10.3. The van der Waals surface area contributed by atoms with Gasteiger partial charge in [-0.05, 0) is 12.1 Å². The summed E-state index contributed by atoms with van der Waals surface area (Å²) in [7, 11) is 1.72. The summed E-state index contributed by atoms with van der Waals surface area (Å²) in [5, 5.41) is 14.9. The maximum Gasteiger partial charge on any atom is 0.304 e. The SMILES string of the molecule is CC(=O)OCn1cc(C2=C(c3cn(C)c4cc([N+](=O)[O-])ccc34)C(=O)NC2=O)c2ccccc21. The lowest BCUT2D eigenvalue weighted by atomic mass is 9.95. The van der Waals surface area contributed by atoms with Crippen LogP contribution in [-0.2, 0) is 32.9 Å². The van der Waals surface area contributed by atoms with Crippen molar-refractivity contribution in [3.63, 3.8) is 0 Å². The molecule has 0 fully saturated rings. The van der Waals surface area contributed by atoms with Gasteiger partial charge in [0.1, 0.15) is 0 Å². The molecule has 0 unspecified atom stereocenters. The van der Waals surface area contributed by atoms with Gasteiger partial charge in [0, 0.05) is 60.4 Å². The van der Waals surface area contributed by atoms with E-state index in [4.69, 9.17) is 4.74 Å². The molecule has 0 spiro atoms. The Morgan fingerprint density at radius 1 is 1.00 bits per heavy atom. The lowest BCUT2D eigenvalue weighted by Crippen LogP contribution is -2.22. The number of hydrogen-bond donors (Lipinski definition) is 1. The molecule has 5 rings (SSSR count). The van der Waals surface area contributed by atoms with Crippen LogP contribution in [0.25, 0.3) is 33.0 Å². The normalized spacial score (nSPS) is 13.7. The number of esters is 1. The number of fused-ring (bicyclic) bond motifs is 2. The molecular formula is C24H18N4O6. The monoisotopic (exact) mass is 458 g/mol. The Balaban J connectivity index is 1.77. The van der Waals surface area contributed by atoms with Crippen molar-refractivity contribution in [2.45, 2.75) is 13.7 Å². The molecule has 0 bridgehead atoms. The summed E-state index contributed by atoms with van der Waals surface area (Å²) in [5.41, 5.74) is 2.58. The summed E-state index contributed by atoms with van der Waals surface area (Å²) in [6.45, 7) is 1.26. The van der Waals surface area contributed by atoms with Gasteiger partial charge >= 0.3 is 5.97 Å². The lowest BCUT2D eigenvalue weighted by molar-refractivity contribution is -0.384. The molecule has 2 aromatic heterocycles. The van der Waals surface area contributed by atoms with Gasteiger partial charge in [-0.3, -0.25) is 29.8 Å². The van der Waals surface area contributed by atoms with Crippen LogP contribution in [0, 0.1) is 10.1 Å². The number of benzene rings is 2. The minimum absolute atomic E-state index is 0.0496. The van der Waals surface area contributed by atoms with Crippen LogP contribution in [0.3, 0.4) is 0 Å². The fraction of sp³-hybridized carbons (Fsp3) is 0.125. The summed E-state index contributed by atoms with van der Waals surface area (Å²) in [4.78, 5) is 48.0. The first-order chi connectivity index (χ1) is 16.3. The fourth-order valence-corrected chi connectivity index (χ4v) is 4.37. The molecule has 34 heavy (non-hydrogen) atoms. The second-order valence-electron chi connectivity index (χ2n) is 7.94. The Morgan fingerprint density at radius 2 is 1.65 bits per heavy atom. The summed E-state index contributed by atoms with van der Waals surface area (Å²) < 4.78 is 8.52. The molecule has 10 nitrogen and oxygen atoms in total. The number of aromatic nitrogens is 2. The van der Waals surface area contributed by atoms with E-state index in [1.807, 2.05) is 24.3 Å². The molecule has 0 radical (unpaired) electrons. The maximum atomic E-state index is 13.0. The van der Waals surface area contributed by atoms with Crippen LogP contribution in [0.5, 0.6) is 0 Å². The molecule has 0 saturated carbocycles. The van der Waals surface area contributed by atoms with Gasteiger partial charge in [-0.2, -0.15) is 0 Å². The molecule has 1 aliphatic rings. The molecule has 4 aromatic rings. The zero-order valence-electron chi connectivity index (χ0n) is 18.2. The second kappa shape index (κ2) is 7.69. The van der Waals surface area contributed by atoms with Gasteiger partial charge in [-0.25, -0.2) is 0 Å². The van der Waals surface area contributed by atoms with Crippen LogP contribution in [0.1, 0.15) is 18.1 Å². The van der Waals surface area contributed by atoms with Crippen molar-refractivity contribution in [1.29, 1.82) is 0 Å². The Kier molecular flexibility index (Phi) is 4.78. The lowest BCUT2D eigenvalue weighted by Gasteiger charge is -2.04. The summed E-state index contributed by atoms with van der Waals surface area (Å²) in [6, 6.07) is 11.7. The average Bonchev–Trinajstić information content (AvgIpc) is 3.42. The van der Waals surface area contributed by atoms with E-state index in [1.54, 1.807) is 34.6 Å². The Bertz CT molecular complexity index is 1590. The zero-order chi connectivity index (χ0) is 24.1. The van der Waals surface area contributed by atoms with Crippen molar-refractivity contribution in [2.75, 3.05) is 0 Å². The highest BCUT2D eigenvalue weighted by atomic mass is 16.6. The fourth-order valence-electron chi connectivity index (χ4n) is 4.37. The molecule has 3 heterocycles. The number of hydrogen-bond acceptors (Lipinski definition) is 6. The van der Waals surface area contributed by atoms with E-state index in [9.17, 15) is 24.5 Å². The number of amides is 2. The number of para-hydroxylation sites is 1. The van der Waals surface area contributed by atoms with Gasteiger partial charge in [0.15, 0.2) is 6.73 Å². The van der Waals surface area contributed by atoms with E-state index < -0.39 is 22.7 Å². The van der Waals surface area contributed by atoms with Crippen LogP contribution in [0.2, 0.25) is 0 Å². The van der Waals surface area contributed by atoms with Gasteiger partial charge in [0.2, 0.25) is 0 Å². The Morgan fingerprint density at radius 3 is 2.32 bits per heavy atom. The first-order valence-corrected chi connectivity index (χ1v) is 10.3. The van der Waals surface area contributed by atoms with E-state index >= 15 is 0 Å². The molecule has 0 saturated heterocycles. The number of ether oxygens (including phenoxy) is 1. The van der Waals surface area contributed by atoms with Crippen molar-refractivity contribution >= 4 is 56.4 Å². The molecule has 0 atom stereocenters. The Hall–Kier alpha value is -4.73. The summed E-state index contributed by atoms with van der Waals surface area (Å²) in [5.74, 6) is -1.55. The standard InChI is InChI=1S/C24H18N4O6/c1-13(29)34-12-27-11-18(15-5-3-4-6-19(15)27)22-21(23(30)25-24(22)31)17-10-26(2)20-9-14(28(32)33)7-8-16(17)20/h3-11H,12H2,1-2H3,(H,25,30,31). The van der Waals surface area contributed by atoms with Gasteiger partial charge < -0.3 is 13.9 Å². The smallest absolute Gasteiger partial charge is 0.304 e. The van der Waals surface area contributed by atoms with Crippen LogP contribution >= 0.6 is 0 Å². The van der Waals surface area contributed by atoms with Crippen molar-refractivity contribution in [3.8, 4) is 0 Å². The van der Waals surface area contributed by atoms with Crippen LogP contribution in [0.4, 0.5) is 5.69 Å². The number of nitrogens with zero attached hydrogens (tertiary/aromatic N) is 3. The number of nitrogens with one attached hydrogen (secondary N) is 1. The molecule has 2 aromatic carbocycles. The highest BCUT2D eigenvalue weighted by molar-refractivity contribution is 6.50. The second-order valence-corrected chi connectivity index (χ2v) is 7.94. The summed E-state index contributed by atoms with van der Waals surface area (Å²) in [6.07, 6.45) is 3.36. The van der Waals surface area contributed by atoms with E-state index in [2.05, 4.69) is 5.32 Å². The quantitative estimate of drug-likeness (QED) is 0.212. The van der Waals surface area contributed by atoms with Crippen LogP contribution in [0.15, 0.2) is 54.9 Å². The van der Waals surface area contributed by atoms with Crippen LogP contribution < -0.4 is 5.32 Å². The van der Waals surface area contributed by atoms with E-state index in [0.29, 0.717) is 27.4 Å². The predicted octanol–water partition coefficient (Wildman–Crippen LogP) is 3.13. The van der Waals surface area contributed by atoms with Crippen LogP contribution in [-0.4, -0.2) is 31.8 Å². The average molecular weight is 458 g/mol. The molecule has 1 aliphatic heterocycles. The minimum atomic E-state index is -0.553. The molecule has 0 aliphatic carbocycles. The maximum absolute atomic E-state index is 13.0. The molecule has 2 amide bonds. The predicted molar refractivity (Wildman–Crippen MR) is 123 cm³/mol. The zero-order valence-corrected chi connectivity index (χ0v) is 18.2. The number of non-ortho nitro benzene ring substituents is 1. The number of imide groups is 1. The van der Waals surface area contributed by atoms with Crippen molar-refractivity contribution in [3.05, 3.63) is 76.1 Å². The minimum Gasteiger partial charge on any atom is -0.444 e. The number of carbonyl (C=O) groups is 3. The molecule has 170 valence electrons. The number of carbonyl (C=O) groups excluding carboxylic acids is 3. The van der Waals surface area contributed by atoms with Crippen molar-refractivity contribution in [2.24, 2.45) is 7.05 Å². The molecular weight excluding hydrogens is 440 g/mol. The van der Waals surface area contributed by atoms with Crippen molar-refractivity contribution < 1.29 is 24.0 Å². The highest BCUT2D eigenvalue weighted by Crippen LogP contribution is 2.39. The number of nitro benzene ring substituents is 1. The third-order valence-electron chi connectivity index (χ3n) is 5.85. The molecule has 10 heteroatoms. The van der Waals surface area contributed by atoms with Crippen molar-refractivity contribution in [1.82, 2.24) is 14.5 Å². The third-order valence-corrected chi connectivity index (χ3v) is 5.85. The van der Waals surface area contributed by atoms with E-state index in [1.165, 1.54) is 19.1 Å². The topological polar surface area (TPSA) is 125 Å². The molecule has 1 N–H and O–H groups in total. The van der Waals surface area contributed by atoms with Gasteiger partial charge in [0.05, 0.1) is 27.1 Å². The Labute approximate surface area is 192 Å². The van der Waals surface area contributed by atoms with E-state index in [0.717, 1.165) is 5.52 Å². The largest absolute Gasteiger partial charge is 0.444 e. The van der Waals surface area contributed by atoms with Gasteiger partial charge in [-0.1, -0.05) is 18.2 Å². The number of aryl methyl sites for hydroxylation is 1. The van der Waals surface area contributed by atoms with E-state index in [-0.39, 0.29) is 23.6 Å². The van der Waals surface area contributed by atoms with Gasteiger partial charge in [-0.15, -0.1) is 0 Å². The first kappa shape index (κ1) is 21.1. The third kappa shape index (κ3) is 3.24. The summed E-state index contributed by atoms with van der Waals surface area (Å²) >= 11 is 0. The van der Waals surface area contributed by atoms with Gasteiger partial charge in [0.25, 0.3) is 17.5 Å². The number of rotatable bonds is 5. The highest BCUT2D eigenvalue weighted by Gasteiger charge is 2.35.